The molecule has 1 atom stereocenters. The zero-order valence-electron chi connectivity index (χ0n) is 18.6. The van der Waals surface area contributed by atoms with Crippen molar-refractivity contribution >= 4 is 11.8 Å². The van der Waals surface area contributed by atoms with Gasteiger partial charge in [0.1, 0.15) is 17.6 Å². The van der Waals surface area contributed by atoms with Crippen LogP contribution >= 0.6 is 0 Å². The summed E-state index contributed by atoms with van der Waals surface area (Å²) in [4.78, 5) is 27.1. The zero-order chi connectivity index (χ0) is 22.5. The molecule has 0 bridgehead atoms. The van der Waals surface area contributed by atoms with E-state index >= 15 is 0 Å². The molecule has 2 aromatic carbocycles. The number of ether oxygens (including phenoxy) is 1. The van der Waals surface area contributed by atoms with Crippen LogP contribution in [0, 0.1) is 19.7 Å². The Hall–Kier alpha value is -2.89. The van der Waals surface area contributed by atoms with Gasteiger partial charge in [-0.15, -0.1) is 0 Å². The van der Waals surface area contributed by atoms with E-state index in [-0.39, 0.29) is 19.1 Å². The smallest absolute Gasteiger partial charge is 0.261 e. The Kier molecular flexibility index (Phi) is 7.59. The van der Waals surface area contributed by atoms with E-state index < -0.39 is 23.3 Å². The number of nitrogens with one attached hydrogen (secondary N) is 1. The number of hydrogen-bond donors (Lipinski definition) is 1. The molecule has 2 rings (SSSR count). The van der Waals surface area contributed by atoms with E-state index in [0.29, 0.717) is 11.3 Å². The number of carbonyl (C=O) groups excluding carboxylic acids is 2. The van der Waals surface area contributed by atoms with Crippen molar-refractivity contribution in [2.75, 3.05) is 6.61 Å². The highest BCUT2D eigenvalue weighted by Gasteiger charge is 2.29. The highest BCUT2D eigenvalue weighted by Crippen LogP contribution is 2.20. The molecule has 30 heavy (non-hydrogen) atoms. The molecule has 0 aromatic heterocycles. The predicted octanol–water partition coefficient (Wildman–Crippen LogP) is 4.15. The Bertz CT molecular complexity index is 906. The van der Waals surface area contributed by atoms with Crippen LogP contribution in [0.5, 0.6) is 5.75 Å². The maximum Gasteiger partial charge on any atom is 0.261 e. The molecule has 0 aliphatic rings. The minimum absolute atomic E-state index is 0.0273. The summed E-state index contributed by atoms with van der Waals surface area (Å²) in [6.07, 6.45) is 0. The Balaban J connectivity index is 2.21. The summed E-state index contributed by atoms with van der Waals surface area (Å²) in [5, 5.41) is 2.88. The van der Waals surface area contributed by atoms with Gasteiger partial charge in [-0.25, -0.2) is 4.39 Å². The molecule has 0 spiro atoms. The van der Waals surface area contributed by atoms with E-state index in [4.69, 9.17) is 4.74 Å². The Morgan fingerprint density at radius 3 is 2.40 bits per heavy atom. The van der Waals surface area contributed by atoms with Gasteiger partial charge in [0.05, 0.1) is 0 Å². The fraction of sp³-hybridized carbons (Fsp3) is 0.417. The van der Waals surface area contributed by atoms with Crippen molar-refractivity contribution in [2.24, 2.45) is 0 Å². The van der Waals surface area contributed by atoms with Crippen LogP contribution in [-0.4, -0.2) is 34.9 Å². The number of hydrogen-bond acceptors (Lipinski definition) is 3. The molecule has 2 amide bonds. The summed E-state index contributed by atoms with van der Waals surface area (Å²) in [7, 11) is 0. The Morgan fingerprint density at radius 1 is 1.13 bits per heavy atom. The third-order valence-electron chi connectivity index (χ3n) is 4.65. The quantitative estimate of drug-likeness (QED) is 0.740. The second-order valence-corrected chi connectivity index (χ2v) is 8.59. The third kappa shape index (κ3) is 6.58. The molecule has 2 aromatic rings. The number of nitrogens with zero attached hydrogens (tertiary/aromatic N) is 1. The molecule has 1 N–H and O–H groups in total. The molecular formula is C24H31FN2O3. The van der Waals surface area contributed by atoms with Crippen molar-refractivity contribution in [1.82, 2.24) is 10.2 Å². The number of halogens is 1. The van der Waals surface area contributed by atoms with Crippen LogP contribution in [0.2, 0.25) is 0 Å². The van der Waals surface area contributed by atoms with Crippen LogP contribution in [0.25, 0.3) is 0 Å². The van der Waals surface area contributed by atoms with Crippen LogP contribution < -0.4 is 10.1 Å². The van der Waals surface area contributed by atoms with Crippen molar-refractivity contribution in [2.45, 2.75) is 59.7 Å². The molecule has 0 aliphatic heterocycles. The van der Waals surface area contributed by atoms with E-state index in [1.54, 1.807) is 25.1 Å². The van der Waals surface area contributed by atoms with Crippen LogP contribution in [-0.2, 0) is 16.1 Å². The highest BCUT2D eigenvalue weighted by molar-refractivity contribution is 5.88. The average Bonchev–Trinajstić information content (AvgIpc) is 2.64. The standard InChI is InChI=1S/C24H31FN2O3/c1-16-11-12-21(17(2)13-16)30-15-22(28)27(14-19-9-7-8-10-20(19)25)18(3)23(29)26-24(4,5)6/h7-13,18H,14-15H2,1-6H3,(H,26,29)/t18-/m0/s1. The normalized spacial score (nSPS) is 12.2. The predicted molar refractivity (Wildman–Crippen MR) is 116 cm³/mol. The number of carbonyl (C=O) groups is 2. The van der Waals surface area contributed by atoms with Crippen molar-refractivity contribution in [1.29, 1.82) is 0 Å². The number of rotatable bonds is 7. The van der Waals surface area contributed by atoms with Gasteiger partial charge in [-0.1, -0.05) is 35.9 Å². The number of benzene rings is 2. The van der Waals surface area contributed by atoms with Crippen LogP contribution in [0.1, 0.15) is 44.4 Å². The maximum absolute atomic E-state index is 14.2. The lowest BCUT2D eigenvalue weighted by atomic mass is 10.1. The molecule has 0 radical (unpaired) electrons. The third-order valence-corrected chi connectivity index (χ3v) is 4.65. The summed E-state index contributed by atoms with van der Waals surface area (Å²) in [6.45, 7) is 10.8. The summed E-state index contributed by atoms with van der Waals surface area (Å²) in [6, 6.07) is 11.1. The van der Waals surface area contributed by atoms with Gasteiger partial charge in [0.25, 0.3) is 5.91 Å². The Morgan fingerprint density at radius 2 is 1.80 bits per heavy atom. The number of aryl methyl sites for hydroxylation is 2. The van der Waals surface area contributed by atoms with Gasteiger partial charge in [0.15, 0.2) is 6.61 Å². The van der Waals surface area contributed by atoms with Gasteiger partial charge >= 0.3 is 0 Å². The van der Waals surface area contributed by atoms with Gasteiger partial charge in [0.2, 0.25) is 5.91 Å². The SMILES string of the molecule is Cc1ccc(OCC(=O)N(Cc2ccccc2F)[C@@H](C)C(=O)NC(C)(C)C)c(C)c1. The van der Waals surface area contributed by atoms with Gasteiger partial charge in [0, 0.05) is 17.6 Å². The molecule has 0 fully saturated rings. The minimum Gasteiger partial charge on any atom is -0.483 e. The Labute approximate surface area is 178 Å². The molecule has 0 unspecified atom stereocenters. The van der Waals surface area contributed by atoms with Crippen molar-refractivity contribution in [3.8, 4) is 5.75 Å². The molecular weight excluding hydrogens is 383 g/mol. The van der Waals surface area contributed by atoms with E-state index in [0.717, 1.165) is 11.1 Å². The van der Waals surface area contributed by atoms with E-state index in [1.165, 1.54) is 11.0 Å². The largest absolute Gasteiger partial charge is 0.483 e. The molecule has 0 saturated heterocycles. The lowest BCUT2D eigenvalue weighted by Gasteiger charge is -2.31. The summed E-state index contributed by atoms with van der Waals surface area (Å²) < 4.78 is 19.9. The maximum atomic E-state index is 14.2. The van der Waals surface area contributed by atoms with E-state index in [1.807, 2.05) is 52.8 Å². The first-order chi connectivity index (χ1) is 14.0. The minimum atomic E-state index is -0.793. The first-order valence-electron chi connectivity index (χ1n) is 10.0. The first-order valence-corrected chi connectivity index (χ1v) is 10.0. The molecule has 5 nitrogen and oxygen atoms in total. The van der Waals surface area contributed by atoms with Gasteiger partial charge in [-0.3, -0.25) is 9.59 Å². The van der Waals surface area contributed by atoms with E-state index in [2.05, 4.69) is 5.32 Å². The lowest BCUT2D eigenvalue weighted by Crippen LogP contribution is -2.53. The number of amides is 2. The first kappa shape index (κ1) is 23.4. The molecule has 0 saturated carbocycles. The van der Waals surface area contributed by atoms with Gasteiger partial charge in [-0.05, 0) is 59.2 Å². The molecule has 0 aliphatic carbocycles. The van der Waals surface area contributed by atoms with Gasteiger partial charge < -0.3 is 15.0 Å². The zero-order valence-corrected chi connectivity index (χ0v) is 18.6. The van der Waals surface area contributed by atoms with E-state index in [9.17, 15) is 14.0 Å². The van der Waals surface area contributed by atoms with Crippen molar-refractivity contribution in [3.05, 3.63) is 65.0 Å². The van der Waals surface area contributed by atoms with Gasteiger partial charge in [-0.2, -0.15) is 0 Å². The molecule has 162 valence electrons. The van der Waals surface area contributed by atoms with Crippen LogP contribution in [0.15, 0.2) is 42.5 Å². The summed E-state index contributed by atoms with van der Waals surface area (Å²) in [5.74, 6) is -0.519. The summed E-state index contributed by atoms with van der Waals surface area (Å²) >= 11 is 0. The van der Waals surface area contributed by atoms with Crippen molar-refractivity contribution in [3.63, 3.8) is 0 Å². The fourth-order valence-corrected chi connectivity index (χ4v) is 3.05. The topological polar surface area (TPSA) is 58.6 Å². The van der Waals surface area contributed by atoms with Crippen LogP contribution in [0.4, 0.5) is 4.39 Å². The second-order valence-electron chi connectivity index (χ2n) is 8.59. The van der Waals surface area contributed by atoms with Crippen LogP contribution in [0.3, 0.4) is 0 Å². The lowest BCUT2D eigenvalue weighted by molar-refractivity contribution is -0.142. The molecule has 0 heterocycles. The summed E-state index contributed by atoms with van der Waals surface area (Å²) in [5.41, 5.74) is 1.91. The second kappa shape index (κ2) is 9.74. The average molecular weight is 415 g/mol. The monoisotopic (exact) mass is 414 g/mol. The highest BCUT2D eigenvalue weighted by atomic mass is 19.1. The molecule has 6 heteroatoms. The van der Waals surface area contributed by atoms with Crippen molar-refractivity contribution < 1.29 is 18.7 Å². The fourth-order valence-electron chi connectivity index (χ4n) is 3.05.